The number of anilines is 2. The van der Waals surface area contributed by atoms with Crippen molar-refractivity contribution in [2.75, 3.05) is 16.8 Å². The van der Waals surface area contributed by atoms with Crippen LogP contribution in [0.3, 0.4) is 0 Å². The highest BCUT2D eigenvalue weighted by Gasteiger charge is 2.30. The number of carbonyl (C=O) groups is 3. The van der Waals surface area contributed by atoms with Crippen LogP contribution in [-0.4, -0.2) is 36.5 Å². The van der Waals surface area contributed by atoms with Crippen molar-refractivity contribution in [1.29, 1.82) is 0 Å². The minimum absolute atomic E-state index is 0.123. The Hall–Kier alpha value is -3.42. The molecule has 7 nitrogen and oxygen atoms in total. The zero-order chi connectivity index (χ0) is 21.0. The molecule has 0 aromatic heterocycles. The predicted octanol–water partition coefficient (Wildman–Crippen LogP) is 2.90. The van der Waals surface area contributed by atoms with Crippen LogP contribution in [-0.2, 0) is 19.1 Å². The predicted molar refractivity (Wildman–Crippen MR) is 104 cm³/mol. The fourth-order valence-corrected chi connectivity index (χ4v) is 3.05. The highest BCUT2D eigenvalue weighted by atomic mass is 19.1. The molecule has 29 heavy (non-hydrogen) atoms. The number of para-hydroxylation sites is 2. The summed E-state index contributed by atoms with van der Waals surface area (Å²) in [6.45, 7) is 2.73. The van der Waals surface area contributed by atoms with Crippen LogP contribution in [0.1, 0.15) is 20.3 Å². The molecule has 2 amide bonds. The van der Waals surface area contributed by atoms with Gasteiger partial charge in [-0.3, -0.25) is 9.59 Å². The van der Waals surface area contributed by atoms with Crippen LogP contribution in [0.4, 0.5) is 15.8 Å². The van der Waals surface area contributed by atoms with Crippen LogP contribution in [0.15, 0.2) is 48.5 Å². The van der Waals surface area contributed by atoms with Gasteiger partial charge >= 0.3 is 5.97 Å². The average molecular weight is 400 g/mol. The molecule has 8 heteroatoms. The molecule has 0 unspecified atom stereocenters. The smallest absolute Gasteiger partial charge is 0.347 e. The quantitative estimate of drug-likeness (QED) is 0.780. The molecule has 2 aromatic rings. The van der Waals surface area contributed by atoms with Crippen LogP contribution in [0.5, 0.6) is 5.75 Å². The van der Waals surface area contributed by atoms with Crippen molar-refractivity contribution in [2.45, 2.75) is 32.4 Å². The maximum Gasteiger partial charge on any atom is 0.347 e. The van der Waals surface area contributed by atoms with Gasteiger partial charge in [-0.15, -0.1) is 0 Å². The monoisotopic (exact) mass is 400 g/mol. The normalized spacial score (nSPS) is 16.9. The number of esters is 1. The molecule has 0 saturated heterocycles. The second kappa shape index (κ2) is 8.72. The summed E-state index contributed by atoms with van der Waals surface area (Å²) >= 11 is 0. The van der Waals surface area contributed by atoms with Crippen LogP contribution < -0.4 is 15.0 Å². The van der Waals surface area contributed by atoms with Gasteiger partial charge in [0.05, 0.1) is 11.4 Å². The lowest BCUT2D eigenvalue weighted by Gasteiger charge is -2.27. The first-order valence-electron chi connectivity index (χ1n) is 9.15. The van der Waals surface area contributed by atoms with Gasteiger partial charge in [0.15, 0.2) is 12.7 Å². The Morgan fingerprint density at radius 2 is 1.90 bits per heavy atom. The third-order valence-corrected chi connectivity index (χ3v) is 4.42. The van der Waals surface area contributed by atoms with E-state index in [1.807, 2.05) is 0 Å². The zero-order valence-corrected chi connectivity index (χ0v) is 16.1. The molecule has 1 heterocycles. The average Bonchev–Trinajstić information content (AvgIpc) is 2.81. The number of fused-ring (bicyclic) bond motifs is 1. The summed E-state index contributed by atoms with van der Waals surface area (Å²) in [5.74, 6) is -1.49. The molecule has 0 bridgehead atoms. The van der Waals surface area contributed by atoms with Gasteiger partial charge in [0.1, 0.15) is 11.6 Å². The minimum Gasteiger partial charge on any atom is -0.479 e. The number of rotatable bonds is 5. The van der Waals surface area contributed by atoms with Gasteiger partial charge in [-0.1, -0.05) is 12.1 Å². The Balaban J connectivity index is 1.64. The summed E-state index contributed by atoms with van der Waals surface area (Å²) in [5.41, 5.74) is 1.07. The van der Waals surface area contributed by atoms with Crippen molar-refractivity contribution < 1.29 is 28.2 Å². The van der Waals surface area contributed by atoms with Crippen LogP contribution in [0, 0.1) is 5.82 Å². The van der Waals surface area contributed by atoms with Gasteiger partial charge in [-0.2, -0.15) is 0 Å². The number of ether oxygens (including phenoxy) is 2. The Kier molecular flexibility index (Phi) is 6.11. The third-order valence-electron chi connectivity index (χ3n) is 4.42. The lowest BCUT2D eigenvalue weighted by Crippen LogP contribution is -2.42. The van der Waals surface area contributed by atoms with E-state index in [1.54, 1.807) is 31.2 Å². The number of nitrogens with one attached hydrogen (secondary N) is 1. The number of carbonyl (C=O) groups excluding carboxylic acids is 3. The second-order valence-electron chi connectivity index (χ2n) is 6.70. The van der Waals surface area contributed by atoms with Crippen LogP contribution >= 0.6 is 0 Å². The molecule has 0 radical (unpaired) electrons. The summed E-state index contributed by atoms with van der Waals surface area (Å²) in [6.07, 6.45) is -0.858. The highest BCUT2D eigenvalue weighted by Crippen LogP contribution is 2.31. The highest BCUT2D eigenvalue weighted by molar-refractivity contribution is 6.05. The van der Waals surface area contributed by atoms with Gasteiger partial charge in [-0.25, -0.2) is 9.18 Å². The van der Waals surface area contributed by atoms with Crippen molar-refractivity contribution in [2.24, 2.45) is 0 Å². The first kappa shape index (κ1) is 20.3. The van der Waals surface area contributed by atoms with E-state index >= 15 is 0 Å². The van der Waals surface area contributed by atoms with E-state index in [9.17, 15) is 18.8 Å². The molecule has 152 valence electrons. The van der Waals surface area contributed by atoms with Crippen LogP contribution in [0.2, 0.25) is 0 Å². The molecule has 2 aromatic carbocycles. The number of nitrogens with zero attached hydrogens (tertiary/aromatic N) is 1. The Bertz CT molecular complexity index is 916. The van der Waals surface area contributed by atoms with Gasteiger partial charge in [0.25, 0.3) is 5.91 Å². The largest absolute Gasteiger partial charge is 0.479 e. The SMILES string of the molecule is C[C@@H](Oc1ccc(F)cc1)C(=O)OCC(=O)N1c2ccccc2NC(=O)C[C@@H]1C. The maximum absolute atomic E-state index is 12.9. The summed E-state index contributed by atoms with van der Waals surface area (Å²) < 4.78 is 23.5. The topological polar surface area (TPSA) is 84.9 Å². The Morgan fingerprint density at radius 3 is 2.62 bits per heavy atom. The fraction of sp³-hybridized carbons (Fsp3) is 0.286. The number of hydrogen-bond acceptors (Lipinski definition) is 5. The number of halogens is 1. The van der Waals surface area contributed by atoms with Crippen molar-refractivity contribution in [3.8, 4) is 5.75 Å². The molecule has 0 fully saturated rings. The standard InChI is InChI=1S/C21H21FN2O5/c1-13-11-19(25)23-17-5-3-4-6-18(17)24(13)20(26)12-28-21(27)14(2)29-16-9-7-15(22)8-10-16/h3-10,13-14H,11-12H2,1-2H3,(H,23,25)/t13-,14+/m0/s1. The molecule has 2 atom stereocenters. The molecular formula is C21H21FN2O5. The van der Waals surface area contributed by atoms with E-state index in [0.717, 1.165) is 0 Å². The van der Waals surface area contributed by atoms with E-state index < -0.39 is 36.4 Å². The van der Waals surface area contributed by atoms with Crippen LogP contribution in [0.25, 0.3) is 0 Å². The Labute approximate surface area is 167 Å². The molecule has 0 spiro atoms. The molecule has 0 aliphatic carbocycles. The molecular weight excluding hydrogens is 379 g/mol. The van der Waals surface area contributed by atoms with E-state index in [1.165, 1.54) is 36.1 Å². The summed E-state index contributed by atoms with van der Waals surface area (Å²) in [5, 5.41) is 2.76. The first-order valence-corrected chi connectivity index (χ1v) is 9.15. The molecule has 3 rings (SSSR count). The molecule has 1 aliphatic heterocycles. The van der Waals surface area contributed by atoms with E-state index in [4.69, 9.17) is 9.47 Å². The second-order valence-corrected chi connectivity index (χ2v) is 6.70. The molecule has 1 N–H and O–H groups in total. The van der Waals surface area contributed by atoms with Crippen molar-refractivity contribution in [1.82, 2.24) is 0 Å². The molecule has 0 saturated carbocycles. The lowest BCUT2D eigenvalue weighted by molar-refractivity contribution is -0.154. The van der Waals surface area contributed by atoms with E-state index in [-0.39, 0.29) is 12.3 Å². The maximum atomic E-state index is 12.9. The van der Waals surface area contributed by atoms with Crippen molar-refractivity contribution >= 4 is 29.2 Å². The zero-order valence-electron chi connectivity index (χ0n) is 16.1. The number of benzene rings is 2. The van der Waals surface area contributed by atoms with Gasteiger partial charge in [0, 0.05) is 12.5 Å². The molecule has 1 aliphatic rings. The van der Waals surface area contributed by atoms with E-state index in [2.05, 4.69) is 5.32 Å². The third kappa shape index (κ3) is 4.90. The fourth-order valence-electron chi connectivity index (χ4n) is 3.05. The van der Waals surface area contributed by atoms with Crippen molar-refractivity contribution in [3.05, 3.63) is 54.3 Å². The van der Waals surface area contributed by atoms with E-state index in [0.29, 0.717) is 17.1 Å². The Morgan fingerprint density at radius 1 is 1.21 bits per heavy atom. The first-order chi connectivity index (χ1) is 13.8. The minimum atomic E-state index is -0.981. The van der Waals surface area contributed by atoms with Gasteiger partial charge in [0.2, 0.25) is 5.91 Å². The number of hydrogen-bond donors (Lipinski definition) is 1. The summed E-state index contributed by atoms with van der Waals surface area (Å²) in [4.78, 5) is 38.4. The number of amides is 2. The van der Waals surface area contributed by atoms with Gasteiger partial charge in [-0.05, 0) is 50.2 Å². The summed E-state index contributed by atoms with van der Waals surface area (Å²) in [6, 6.07) is 11.7. The summed E-state index contributed by atoms with van der Waals surface area (Å²) in [7, 11) is 0. The lowest BCUT2D eigenvalue weighted by atomic mass is 10.1. The van der Waals surface area contributed by atoms with Crippen molar-refractivity contribution in [3.63, 3.8) is 0 Å². The van der Waals surface area contributed by atoms with Gasteiger partial charge < -0.3 is 19.7 Å².